The maximum Gasteiger partial charge on any atom is 0.416 e. The zero-order valence-electron chi connectivity index (χ0n) is 10.9. The van der Waals surface area contributed by atoms with Crippen molar-refractivity contribution < 1.29 is 27.9 Å². The lowest BCUT2D eigenvalue weighted by Crippen LogP contribution is -2.29. The van der Waals surface area contributed by atoms with E-state index in [1.807, 2.05) is 0 Å². The van der Waals surface area contributed by atoms with Crippen LogP contribution in [0.2, 0.25) is 0 Å². The first-order valence-electron chi connectivity index (χ1n) is 6.19. The monoisotopic (exact) mass is 307 g/mol. The van der Waals surface area contributed by atoms with Crippen LogP contribution in [0.25, 0.3) is 0 Å². The van der Waals surface area contributed by atoms with Gasteiger partial charge in [-0.3, -0.25) is 9.59 Å². The van der Waals surface area contributed by atoms with Crippen molar-refractivity contribution >= 4 is 17.5 Å². The Kier molecular flexibility index (Phi) is 2.94. The number of phenols is 1. The van der Waals surface area contributed by atoms with E-state index in [0.717, 1.165) is 18.2 Å². The predicted molar refractivity (Wildman–Crippen MR) is 70.7 cm³/mol. The highest BCUT2D eigenvalue weighted by Gasteiger charge is 2.39. The molecule has 1 aliphatic heterocycles. The molecule has 0 bridgehead atoms. The number of carbonyl (C=O) groups is 2. The Hall–Kier alpha value is -2.83. The number of hydrogen-bond donors (Lipinski definition) is 1. The lowest BCUT2D eigenvalue weighted by molar-refractivity contribution is -0.137. The summed E-state index contributed by atoms with van der Waals surface area (Å²) in [5.74, 6) is -2.00. The van der Waals surface area contributed by atoms with Crippen molar-refractivity contribution in [1.82, 2.24) is 0 Å². The van der Waals surface area contributed by atoms with Crippen molar-refractivity contribution in [3.05, 3.63) is 59.2 Å². The molecule has 1 aliphatic rings. The second kappa shape index (κ2) is 4.59. The molecule has 0 unspecified atom stereocenters. The van der Waals surface area contributed by atoms with E-state index in [4.69, 9.17) is 0 Å². The summed E-state index contributed by atoms with van der Waals surface area (Å²) in [6.07, 6.45) is -4.59. The standard InChI is InChI=1S/C15H8F3NO3/c16-15(17,18)8-3-1-4-9(7-8)19-13(21)10-5-2-6-11(20)12(10)14(19)22/h1-7,20H. The molecule has 22 heavy (non-hydrogen) atoms. The minimum absolute atomic E-state index is 0.0394. The summed E-state index contributed by atoms with van der Waals surface area (Å²) >= 11 is 0. The highest BCUT2D eigenvalue weighted by atomic mass is 19.4. The summed E-state index contributed by atoms with van der Waals surface area (Å²) in [6.45, 7) is 0. The zero-order valence-corrected chi connectivity index (χ0v) is 10.9. The van der Waals surface area contributed by atoms with Crippen molar-refractivity contribution in [2.24, 2.45) is 0 Å². The number of amides is 2. The van der Waals surface area contributed by atoms with Gasteiger partial charge in [-0.05, 0) is 30.3 Å². The SMILES string of the molecule is O=C1c2cccc(O)c2C(=O)N1c1cccc(C(F)(F)F)c1. The van der Waals surface area contributed by atoms with Crippen molar-refractivity contribution in [2.75, 3.05) is 4.90 Å². The summed E-state index contributed by atoms with van der Waals surface area (Å²) in [6, 6.07) is 7.87. The summed E-state index contributed by atoms with van der Waals surface area (Å²) in [4.78, 5) is 25.1. The molecule has 0 spiro atoms. The molecule has 0 radical (unpaired) electrons. The van der Waals surface area contributed by atoms with Crippen molar-refractivity contribution in [3.63, 3.8) is 0 Å². The maximum absolute atomic E-state index is 12.7. The molecule has 0 saturated heterocycles. The van der Waals surface area contributed by atoms with Crippen LogP contribution in [0.5, 0.6) is 5.75 Å². The van der Waals surface area contributed by atoms with E-state index in [1.165, 1.54) is 24.3 Å². The Labute approximate surface area is 122 Å². The quantitative estimate of drug-likeness (QED) is 0.823. The molecule has 2 amide bonds. The third-order valence-electron chi connectivity index (χ3n) is 3.32. The third kappa shape index (κ3) is 2.02. The zero-order chi connectivity index (χ0) is 16.1. The minimum Gasteiger partial charge on any atom is -0.507 e. The van der Waals surface area contributed by atoms with Gasteiger partial charge in [-0.15, -0.1) is 0 Å². The Balaban J connectivity index is 2.10. The number of carbonyl (C=O) groups excluding carboxylic acids is 2. The van der Waals surface area contributed by atoms with Gasteiger partial charge in [0.1, 0.15) is 5.75 Å². The van der Waals surface area contributed by atoms with Gasteiger partial charge in [0.25, 0.3) is 11.8 Å². The van der Waals surface area contributed by atoms with Gasteiger partial charge in [0.2, 0.25) is 0 Å². The molecule has 7 heteroatoms. The fraction of sp³-hybridized carbons (Fsp3) is 0.0667. The van der Waals surface area contributed by atoms with Gasteiger partial charge in [0.15, 0.2) is 0 Å². The van der Waals surface area contributed by atoms with Crippen LogP contribution in [0.15, 0.2) is 42.5 Å². The van der Waals surface area contributed by atoms with Gasteiger partial charge in [-0.25, -0.2) is 4.90 Å². The van der Waals surface area contributed by atoms with Crippen molar-refractivity contribution in [3.8, 4) is 5.75 Å². The number of aromatic hydroxyl groups is 1. The highest BCUT2D eigenvalue weighted by molar-refractivity contribution is 6.35. The normalized spacial score (nSPS) is 14.4. The maximum atomic E-state index is 12.7. The Bertz CT molecular complexity index is 799. The van der Waals surface area contributed by atoms with Crippen LogP contribution in [0.3, 0.4) is 0 Å². The average molecular weight is 307 g/mol. The van der Waals surface area contributed by atoms with Gasteiger partial charge in [-0.2, -0.15) is 13.2 Å². The number of rotatable bonds is 1. The Morgan fingerprint density at radius 2 is 1.64 bits per heavy atom. The second-order valence-electron chi connectivity index (χ2n) is 4.69. The van der Waals surface area contributed by atoms with Gasteiger partial charge in [0.05, 0.1) is 22.4 Å². The van der Waals surface area contributed by atoms with Crippen molar-refractivity contribution in [2.45, 2.75) is 6.18 Å². The first-order chi connectivity index (χ1) is 10.3. The minimum atomic E-state index is -4.59. The average Bonchev–Trinajstić information content (AvgIpc) is 2.71. The third-order valence-corrected chi connectivity index (χ3v) is 3.32. The van der Waals surface area contributed by atoms with Crippen molar-refractivity contribution in [1.29, 1.82) is 0 Å². The fourth-order valence-electron chi connectivity index (χ4n) is 2.32. The van der Waals surface area contributed by atoms with Gasteiger partial charge >= 0.3 is 6.18 Å². The number of fused-ring (bicyclic) bond motifs is 1. The van der Waals surface area contributed by atoms with Gasteiger partial charge < -0.3 is 5.11 Å². The first kappa shape index (κ1) is 14.1. The van der Waals surface area contributed by atoms with E-state index in [-0.39, 0.29) is 22.6 Å². The number of phenolic OH excluding ortho intramolecular Hbond substituents is 1. The fourth-order valence-corrected chi connectivity index (χ4v) is 2.32. The highest BCUT2D eigenvalue weighted by Crippen LogP contribution is 2.36. The van der Waals surface area contributed by atoms with E-state index >= 15 is 0 Å². The molecular weight excluding hydrogens is 299 g/mol. The molecule has 2 aromatic carbocycles. The largest absolute Gasteiger partial charge is 0.507 e. The smallest absolute Gasteiger partial charge is 0.416 e. The Morgan fingerprint density at radius 1 is 0.955 bits per heavy atom. The molecule has 0 saturated carbocycles. The van der Waals surface area contributed by atoms with Crippen LogP contribution in [-0.4, -0.2) is 16.9 Å². The number of imide groups is 1. The molecule has 0 atom stereocenters. The van der Waals surface area contributed by atoms with Crippen LogP contribution in [0.1, 0.15) is 26.3 Å². The van der Waals surface area contributed by atoms with Gasteiger partial charge in [-0.1, -0.05) is 12.1 Å². The summed E-state index contributed by atoms with van der Waals surface area (Å²) < 4.78 is 38.2. The molecule has 0 aliphatic carbocycles. The summed E-state index contributed by atoms with van der Waals surface area (Å²) in [7, 11) is 0. The summed E-state index contributed by atoms with van der Waals surface area (Å²) in [5.41, 5.74) is -1.40. The molecule has 2 aromatic rings. The van der Waals surface area contributed by atoms with E-state index in [2.05, 4.69) is 0 Å². The first-order valence-corrected chi connectivity index (χ1v) is 6.19. The second-order valence-corrected chi connectivity index (χ2v) is 4.69. The van der Waals surface area contributed by atoms with Crippen LogP contribution in [0.4, 0.5) is 18.9 Å². The van der Waals surface area contributed by atoms with E-state index in [9.17, 15) is 27.9 Å². The van der Waals surface area contributed by atoms with Crippen LogP contribution < -0.4 is 4.90 Å². The molecule has 0 aromatic heterocycles. The Morgan fingerprint density at radius 3 is 2.27 bits per heavy atom. The lowest BCUT2D eigenvalue weighted by atomic mass is 10.1. The van der Waals surface area contributed by atoms with Crippen LogP contribution in [0, 0.1) is 0 Å². The van der Waals surface area contributed by atoms with E-state index in [0.29, 0.717) is 4.90 Å². The number of anilines is 1. The molecule has 3 rings (SSSR count). The number of hydrogen-bond acceptors (Lipinski definition) is 3. The number of alkyl halides is 3. The predicted octanol–water partition coefficient (Wildman–Crippen LogP) is 3.21. The summed E-state index contributed by atoms with van der Waals surface area (Å²) in [5, 5.41) is 9.69. The van der Waals surface area contributed by atoms with E-state index < -0.39 is 23.6 Å². The number of benzene rings is 2. The van der Waals surface area contributed by atoms with Crippen LogP contribution in [-0.2, 0) is 6.18 Å². The number of halogens is 3. The number of nitrogens with zero attached hydrogens (tertiary/aromatic N) is 1. The molecular formula is C15H8F3NO3. The molecule has 112 valence electrons. The molecule has 1 N–H and O–H groups in total. The topological polar surface area (TPSA) is 57.6 Å². The van der Waals surface area contributed by atoms with Gasteiger partial charge in [0, 0.05) is 0 Å². The lowest BCUT2D eigenvalue weighted by Gasteiger charge is -2.16. The molecule has 4 nitrogen and oxygen atoms in total. The van der Waals surface area contributed by atoms with Crippen LogP contribution >= 0.6 is 0 Å². The van der Waals surface area contributed by atoms with E-state index in [1.54, 1.807) is 0 Å². The molecule has 0 fully saturated rings. The molecule has 1 heterocycles.